The molecule has 3 aromatic rings. The number of pyridine rings is 1. The number of nitrogens with two attached hydrogens (primary N) is 1. The normalized spacial score (nSPS) is 10.8. The second-order valence-corrected chi connectivity index (χ2v) is 4.75. The third-order valence-corrected chi connectivity index (χ3v) is 3.43. The van der Waals surface area contributed by atoms with E-state index in [1.165, 1.54) is 6.07 Å². The molecule has 1 aromatic carbocycles. The first-order valence-corrected chi connectivity index (χ1v) is 6.05. The summed E-state index contributed by atoms with van der Waals surface area (Å²) in [5, 5.41) is 9.71. The van der Waals surface area contributed by atoms with Crippen LogP contribution in [-0.4, -0.2) is 4.98 Å². The fraction of sp³-hybridized carbons (Fsp3) is 0.133. The molecule has 2 N–H and O–H groups in total. The Kier molecular flexibility index (Phi) is 2.48. The van der Waals surface area contributed by atoms with Crippen LogP contribution < -0.4 is 11.2 Å². The fourth-order valence-electron chi connectivity index (χ4n) is 2.14. The molecule has 5 nitrogen and oxygen atoms in total. The highest BCUT2D eigenvalue weighted by atomic mass is 16.3. The third-order valence-electron chi connectivity index (χ3n) is 3.43. The summed E-state index contributed by atoms with van der Waals surface area (Å²) >= 11 is 0. The summed E-state index contributed by atoms with van der Waals surface area (Å²) in [6, 6.07) is 6.94. The van der Waals surface area contributed by atoms with Gasteiger partial charge in [0.15, 0.2) is 0 Å². The highest BCUT2D eigenvalue weighted by Crippen LogP contribution is 2.22. The van der Waals surface area contributed by atoms with Crippen LogP contribution in [0, 0.1) is 25.2 Å². The van der Waals surface area contributed by atoms with Crippen LogP contribution in [0.25, 0.3) is 22.1 Å². The number of benzene rings is 1. The maximum Gasteiger partial charge on any atom is 0.232 e. The van der Waals surface area contributed by atoms with Gasteiger partial charge in [0.25, 0.3) is 0 Å². The van der Waals surface area contributed by atoms with Crippen LogP contribution in [0.1, 0.15) is 16.7 Å². The van der Waals surface area contributed by atoms with Gasteiger partial charge in [0.2, 0.25) is 11.1 Å². The molecule has 2 heterocycles. The number of nitrogens with zero attached hydrogens (tertiary/aromatic N) is 2. The van der Waals surface area contributed by atoms with Crippen LogP contribution in [0.15, 0.2) is 27.4 Å². The number of rotatable bonds is 0. The number of fused-ring (bicyclic) bond motifs is 2. The van der Waals surface area contributed by atoms with Crippen molar-refractivity contribution in [1.82, 2.24) is 4.98 Å². The van der Waals surface area contributed by atoms with Crippen LogP contribution in [0.5, 0.6) is 0 Å². The SMILES string of the molecule is Cc1cc2oc3nc(N)c(C#N)cc3c(=O)c2cc1C. The summed E-state index contributed by atoms with van der Waals surface area (Å²) in [5.41, 5.74) is 8.29. The van der Waals surface area contributed by atoms with E-state index >= 15 is 0 Å². The van der Waals surface area contributed by atoms with Gasteiger partial charge in [-0.25, -0.2) is 0 Å². The molecule has 20 heavy (non-hydrogen) atoms. The van der Waals surface area contributed by atoms with Gasteiger partial charge < -0.3 is 10.2 Å². The minimum atomic E-state index is -0.201. The quantitative estimate of drug-likeness (QED) is 0.630. The molecule has 0 spiro atoms. The Balaban J connectivity index is 2.55. The molecule has 3 rings (SSSR count). The maximum atomic E-state index is 12.5. The minimum Gasteiger partial charge on any atom is -0.437 e. The molecule has 0 bridgehead atoms. The highest BCUT2D eigenvalue weighted by molar-refractivity contribution is 5.90. The van der Waals surface area contributed by atoms with Crippen molar-refractivity contribution < 1.29 is 4.42 Å². The molecule has 0 radical (unpaired) electrons. The number of anilines is 1. The van der Waals surface area contributed by atoms with Crippen LogP contribution in [0.2, 0.25) is 0 Å². The third kappa shape index (κ3) is 1.62. The first-order chi connectivity index (χ1) is 9.51. The van der Waals surface area contributed by atoms with Crippen molar-refractivity contribution in [2.24, 2.45) is 0 Å². The molecule has 0 fully saturated rings. The molecule has 2 aromatic heterocycles. The van der Waals surface area contributed by atoms with Crippen molar-refractivity contribution in [1.29, 1.82) is 5.26 Å². The minimum absolute atomic E-state index is 0.0614. The van der Waals surface area contributed by atoms with Gasteiger partial charge in [-0.05, 0) is 43.2 Å². The molecule has 0 amide bonds. The largest absolute Gasteiger partial charge is 0.437 e. The topological polar surface area (TPSA) is 92.9 Å². The Morgan fingerprint density at radius 2 is 1.90 bits per heavy atom. The first-order valence-electron chi connectivity index (χ1n) is 6.05. The number of aromatic nitrogens is 1. The molecule has 0 aliphatic heterocycles. The zero-order valence-electron chi connectivity index (χ0n) is 11.0. The van der Waals surface area contributed by atoms with Crippen molar-refractivity contribution in [2.75, 3.05) is 5.73 Å². The number of hydrogen-bond donors (Lipinski definition) is 1. The predicted molar refractivity (Wildman–Crippen MR) is 76.4 cm³/mol. The lowest BCUT2D eigenvalue weighted by Gasteiger charge is -2.05. The Bertz CT molecular complexity index is 965. The molecule has 0 saturated carbocycles. The Hall–Kier alpha value is -2.87. The summed E-state index contributed by atoms with van der Waals surface area (Å²) < 4.78 is 5.64. The Morgan fingerprint density at radius 1 is 1.20 bits per heavy atom. The molecular weight excluding hydrogens is 254 g/mol. The average molecular weight is 265 g/mol. The maximum absolute atomic E-state index is 12.5. The highest BCUT2D eigenvalue weighted by Gasteiger charge is 2.13. The second kappa shape index (κ2) is 4.07. The summed E-state index contributed by atoms with van der Waals surface area (Å²) in [4.78, 5) is 16.5. The molecule has 0 aliphatic carbocycles. The smallest absolute Gasteiger partial charge is 0.232 e. The van der Waals surface area contributed by atoms with Gasteiger partial charge in [0.05, 0.1) is 16.3 Å². The van der Waals surface area contributed by atoms with Crippen LogP contribution in [0.3, 0.4) is 0 Å². The van der Waals surface area contributed by atoms with Gasteiger partial charge in [-0.3, -0.25) is 4.79 Å². The van der Waals surface area contributed by atoms with E-state index < -0.39 is 0 Å². The second-order valence-electron chi connectivity index (χ2n) is 4.75. The Morgan fingerprint density at radius 3 is 2.60 bits per heavy atom. The summed E-state index contributed by atoms with van der Waals surface area (Å²) in [6.07, 6.45) is 0. The van der Waals surface area contributed by atoms with Gasteiger partial charge >= 0.3 is 0 Å². The lowest BCUT2D eigenvalue weighted by atomic mass is 10.1. The number of aryl methyl sites for hydroxylation is 2. The van der Waals surface area contributed by atoms with E-state index in [-0.39, 0.29) is 27.9 Å². The first kappa shape index (κ1) is 12.2. The van der Waals surface area contributed by atoms with E-state index in [2.05, 4.69) is 4.98 Å². The van der Waals surface area contributed by atoms with Gasteiger partial charge in [-0.15, -0.1) is 0 Å². The van der Waals surface area contributed by atoms with Crippen LogP contribution in [-0.2, 0) is 0 Å². The lowest BCUT2D eigenvalue weighted by Crippen LogP contribution is -2.06. The van der Waals surface area contributed by atoms with E-state index in [0.717, 1.165) is 11.1 Å². The van der Waals surface area contributed by atoms with Crippen LogP contribution in [0.4, 0.5) is 5.82 Å². The molecular formula is C15H11N3O2. The molecule has 98 valence electrons. The van der Waals surface area contributed by atoms with Gasteiger partial charge in [0.1, 0.15) is 17.5 Å². The van der Waals surface area contributed by atoms with Crippen molar-refractivity contribution in [3.05, 3.63) is 45.1 Å². The number of hydrogen-bond acceptors (Lipinski definition) is 5. The molecule has 0 unspecified atom stereocenters. The number of nitrogen functional groups attached to an aromatic ring is 1. The van der Waals surface area contributed by atoms with E-state index in [1.54, 1.807) is 6.07 Å². The number of nitriles is 1. The monoisotopic (exact) mass is 265 g/mol. The zero-order chi connectivity index (χ0) is 14.4. The molecule has 5 heteroatoms. The molecule has 0 atom stereocenters. The van der Waals surface area contributed by atoms with Crippen molar-refractivity contribution >= 4 is 27.9 Å². The molecule has 0 aliphatic rings. The van der Waals surface area contributed by atoms with Gasteiger partial charge in [-0.1, -0.05) is 0 Å². The van der Waals surface area contributed by atoms with Crippen molar-refractivity contribution in [3.63, 3.8) is 0 Å². The zero-order valence-corrected chi connectivity index (χ0v) is 11.0. The van der Waals surface area contributed by atoms with E-state index in [9.17, 15) is 4.79 Å². The fourth-order valence-corrected chi connectivity index (χ4v) is 2.14. The van der Waals surface area contributed by atoms with Gasteiger partial charge in [0, 0.05) is 0 Å². The van der Waals surface area contributed by atoms with E-state index in [0.29, 0.717) is 11.0 Å². The average Bonchev–Trinajstić information content (AvgIpc) is 2.41. The van der Waals surface area contributed by atoms with E-state index in [1.807, 2.05) is 26.0 Å². The Labute approximate surface area is 114 Å². The van der Waals surface area contributed by atoms with E-state index in [4.69, 9.17) is 15.4 Å². The lowest BCUT2D eigenvalue weighted by molar-refractivity contribution is 0.645. The standard InChI is InChI=1S/C15H11N3O2/c1-7-3-10-12(4-8(7)2)20-15-11(13(10)19)5-9(6-16)14(17)18-15/h3-5H,1-2H3,(H2,17,18). The summed E-state index contributed by atoms with van der Waals surface area (Å²) in [6.45, 7) is 3.87. The van der Waals surface area contributed by atoms with Gasteiger partial charge in [-0.2, -0.15) is 10.2 Å². The van der Waals surface area contributed by atoms with Crippen LogP contribution >= 0.6 is 0 Å². The van der Waals surface area contributed by atoms with Crippen molar-refractivity contribution in [2.45, 2.75) is 13.8 Å². The van der Waals surface area contributed by atoms with Crippen molar-refractivity contribution in [3.8, 4) is 6.07 Å². The predicted octanol–water partition coefficient (Wildman–Crippen LogP) is 2.41. The summed E-state index contributed by atoms with van der Waals surface area (Å²) in [5.74, 6) is 0.0614. The summed E-state index contributed by atoms with van der Waals surface area (Å²) in [7, 11) is 0. The molecule has 0 saturated heterocycles.